The fourth-order valence-electron chi connectivity index (χ4n) is 2.01. The van der Waals surface area contributed by atoms with Gasteiger partial charge in [-0.3, -0.25) is 4.79 Å². The number of benzene rings is 1. The average molecular weight is 279 g/mol. The van der Waals surface area contributed by atoms with Crippen LogP contribution in [-0.4, -0.2) is 53.8 Å². The number of carbonyl (C=O) groups is 2. The quantitative estimate of drug-likeness (QED) is 0.881. The summed E-state index contributed by atoms with van der Waals surface area (Å²) >= 11 is 0. The Balaban J connectivity index is 1.94. The lowest BCUT2D eigenvalue weighted by Gasteiger charge is -2.32. The Morgan fingerprint density at radius 3 is 2.75 bits per heavy atom. The molecule has 0 aliphatic carbocycles. The molecule has 20 heavy (non-hydrogen) atoms. The highest BCUT2D eigenvalue weighted by molar-refractivity contribution is 5.82. The number of nitrogens with zero attached hydrogens (tertiary/aromatic N) is 1. The number of hydrogen-bond acceptors (Lipinski definition) is 4. The summed E-state index contributed by atoms with van der Waals surface area (Å²) in [6.45, 7) is 2.31. The van der Waals surface area contributed by atoms with Gasteiger partial charge < -0.3 is 19.5 Å². The first-order valence-corrected chi connectivity index (χ1v) is 6.43. The number of ether oxygens (including phenoxy) is 2. The van der Waals surface area contributed by atoms with Gasteiger partial charge in [0.25, 0.3) is 5.91 Å². The maximum absolute atomic E-state index is 12.2. The molecule has 1 heterocycles. The van der Waals surface area contributed by atoms with E-state index in [0.29, 0.717) is 12.3 Å². The van der Waals surface area contributed by atoms with Gasteiger partial charge in [-0.2, -0.15) is 0 Å². The molecule has 0 unspecified atom stereocenters. The van der Waals surface area contributed by atoms with Gasteiger partial charge in [0, 0.05) is 6.54 Å². The second-order valence-electron chi connectivity index (χ2n) is 4.56. The van der Waals surface area contributed by atoms with Gasteiger partial charge in [-0.25, -0.2) is 4.79 Å². The minimum absolute atomic E-state index is 0.0522. The smallest absolute Gasteiger partial charge is 0.334 e. The van der Waals surface area contributed by atoms with Crippen LogP contribution in [0.25, 0.3) is 0 Å². The van der Waals surface area contributed by atoms with Crippen molar-refractivity contribution in [1.82, 2.24) is 4.90 Å². The largest absolute Gasteiger partial charge is 0.481 e. The zero-order valence-electron chi connectivity index (χ0n) is 11.2. The van der Waals surface area contributed by atoms with E-state index in [-0.39, 0.29) is 19.1 Å². The van der Waals surface area contributed by atoms with Crippen LogP contribution in [0, 0.1) is 0 Å². The number of carbonyl (C=O) groups excluding carboxylic acids is 1. The van der Waals surface area contributed by atoms with Gasteiger partial charge in [0.05, 0.1) is 13.2 Å². The average Bonchev–Trinajstić information content (AvgIpc) is 2.47. The van der Waals surface area contributed by atoms with E-state index in [1.165, 1.54) is 4.90 Å². The first-order valence-electron chi connectivity index (χ1n) is 6.43. The van der Waals surface area contributed by atoms with Crippen LogP contribution in [0.15, 0.2) is 30.3 Å². The number of morpholine rings is 1. The van der Waals surface area contributed by atoms with Crippen molar-refractivity contribution in [1.29, 1.82) is 0 Å². The van der Waals surface area contributed by atoms with Gasteiger partial charge in [-0.1, -0.05) is 18.2 Å². The summed E-state index contributed by atoms with van der Waals surface area (Å²) in [5, 5.41) is 8.92. The molecule has 1 aromatic carbocycles. The van der Waals surface area contributed by atoms with Gasteiger partial charge in [-0.15, -0.1) is 0 Å². The van der Waals surface area contributed by atoms with Gasteiger partial charge in [0.15, 0.2) is 12.2 Å². The molecule has 1 aromatic rings. The molecule has 6 nitrogen and oxygen atoms in total. The Hall–Kier alpha value is -2.08. The standard InChI is InChI=1S/C14H17NO5/c1-10(20-11-5-3-2-4-6-11)13(16)15-7-8-19-12(9-15)14(17)18/h2-6,10,12H,7-9H2,1H3,(H,17,18)/t10-,12+/m0/s1. The van der Waals surface area contributed by atoms with E-state index >= 15 is 0 Å². The zero-order chi connectivity index (χ0) is 14.5. The van der Waals surface area contributed by atoms with Crippen LogP contribution in [0.3, 0.4) is 0 Å². The molecule has 6 heteroatoms. The van der Waals surface area contributed by atoms with Crippen LogP contribution >= 0.6 is 0 Å². The molecule has 1 saturated heterocycles. The lowest BCUT2D eigenvalue weighted by Crippen LogP contribution is -2.51. The highest BCUT2D eigenvalue weighted by atomic mass is 16.5. The lowest BCUT2D eigenvalue weighted by molar-refractivity contribution is -0.161. The van der Waals surface area contributed by atoms with E-state index in [0.717, 1.165) is 0 Å². The number of amides is 1. The van der Waals surface area contributed by atoms with Crippen molar-refractivity contribution in [3.63, 3.8) is 0 Å². The number of carboxylic acids is 1. The monoisotopic (exact) mass is 279 g/mol. The molecular formula is C14H17NO5. The molecule has 2 atom stereocenters. The normalized spacial score (nSPS) is 20.2. The van der Waals surface area contributed by atoms with Crippen LogP contribution in [0.1, 0.15) is 6.92 Å². The molecule has 1 amide bonds. The Morgan fingerprint density at radius 2 is 2.10 bits per heavy atom. The molecule has 108 valence electrons. The molecule has 0 radical (unpaired) electrons. The van der Waals surface area contributed by atoms with Crippen LogP contribution in [0.5, 0.6) is 5.75 Å². The minimum atomic E-state index is -1.06. The summed E-state index contributed by atoms with van der Waals surface area (Å²) in [7, 11) is 0. The van der Waals surface area contributed by atoms with Gasteiger partial charge in [0.1, 0.15) is 5.75 Å². The molecular weight excluding hydrogens is 262 g/mol. The molecule has 0 aromatic heterocycles. The van der Waals surface area contributed by atoms with E-state index in [1.807, 2.05) is 18.2 Å². The summed E-state index contributed by atoms with van der Waals surface area (Å²) in [6, 6.07) is 9.04. The third kappa shape index (κ3) is 3.48. The van der Waals surface area contributed by atoms with Crippen LogP contribution in [-0.2, 0) is 14.3 Å². The van der Waals surface area contributed by atoms with Crippen LogP contribution in [0.2, 0.25) is 0 Å². The van der Waals surface area contributed by atoms with Crippen LogP contribution < -0.4 is 4.74 Å². The second-order valence-corrected chi connectivity index (χ2v) is 4.56. The Labute approximate surface area is 116 Å². The lowest BCUT2D eigenvalue weighted by atomic mass is 10.2. The first kappa shape index (κ1) is 14.3. The number of hydrogen-bond donors (Lipinski definition) is 1. The highest BCUT2D eigenvalue weighted by Crippen LogP contribution is 2.13. The summed E-state index contributed by atoms with van der Waals surface area (Å²) in [5.41, 5.74) is 0. The van der Waals surface area contributed by atoms with Gasteiger partial charge >= 0.3 is 5.97 Å². The first-order chi connectivity index (χ1) is 9.58. The van der Waals surface area contributed by atoms with Crippen molar-refractivity contribution < 1.29 is 24.2 Å². The van der Waals surface area contributed by atoms with Crippen molar-refractivity contribution >= 4 is 11.9 Å². The Kier molecular flexibility index (Phi) is 4.57. The van der Waals surface area contributed by atoms with Gasteiger partial charge in [0.2, 0.25) is 0 Å². The molecule has 1 aliphatic heterocycles. The molecule has 0 bridgehead atoms. The van der Waals surface area contributed by atoms with Gasteiger partial charge in [-0.05, 0) is 19.1 Å². The molecule has 1 fully saturated rings. The van der Waals surface area contributed by atoms with Crippen molar-refractivity contribution in [2.24, 2.45) is 0 Å². The fourth-order valence-corrected chi connectivity index (χ4v) is 2.01. The van der Waals surface area contributed by atoms with E-state index < -0.39 is 18.2 Å². The topological polar surface area (TPSA) is 76.1 Å². The summed E-state index contributed by atoms with van der Waals surface area (Å²) in [6.07, 6.45) is -1.62. The van der Waals surface area contributed by atoms with E-state index in [4.69, 9.17) is 14.6 Å². The fraction of sp³-hybridized carbons (Fsp3) is 0.429. The van der Waals surface area contributed by atoms with E-state index in [1.54, 1.807) is 19.1 Å². The molecule has 1 N–H and O–H groups in total. The van der Waals surface area contributed by atoms with E-state index in [9.17, 15) is 9.59 Å². The number of carboxylic acid groups (broad SMARTS) is 1. The number of aliphatic carboxylic acids is 1. The maximum atomic E-state index is 12.2. The third-order valence-electron chi connectivity index (χ3n) is 3.06. The molecule has 0 spiro atoms. The minimum Gasteiger partial charge on any atom is -0.481 e. The predicted octanol–water partition coefficient (Wildman–Crippen LogP) is 0.766. The molecule has 1 aliphatic rings. The molecule has 2 rings (SSSR count). The van der Waals surface area contributed by atoms with Crippen molar-refractivity contribution in [3.8, 4) is 5.75 Å². The maximum Gasteiger partial charge on any atom is 0.334 e. The summed E-state index contributed by atoms with van der Waals surface area (Å²) in [5.74, 6) is -0.682. The second kappa shape index (κ2) is 6.38. The predicted molar refractivity (Wildman–Crippen MR) is 70.5 cm³/mol. The SMILES string of the molecule is C[C@H](Oc1ccccc1)C(=O)N1CCO[C@@H](C(=O)O)C1. The summed E-state index contributed by atoms with van der Waals surface area (Å²) in [4.78, 5) is 24.6. The van der Waals surface area contributed by atoms with E-state index in [2.05, 4.69) is 0 Å². The van der Waals surface area contributed by atoms with Crippen LogP contribution in [0.4, 0.5) is 0 Å². The number of para-hydroxylation sites is 1. The Morgan fingerprint density at radius 1 is 1.40 bits per heavy atom. The third-order valence-corrected chi connectivity index (χ3v) is 3.06. The number of rotatable bonds is 4. The highest BCUT2D eigenvalue weighted by Gasteiger charge is 2.31. The van der Waals surface area contributed by atoms with Crippen molar-refractivity contribution in [2.75, 3.05) is 19.7 Å². The summed E-state index contributed by atoms with van der Waals surface area (Å²) < 4.78 is 10.6. The molecule has 0 saturated carbocycles. The van der Waals surface area contributed by atoms with Crippen molar-refractivity contribution in [2.45, 2.75) is 19.1 Å². The Bertz CT molecular complexity index is 476. The zero-order valence-corrected chi connectivity index (χ0v) is 11.2. The van der Waals surface area contributed by atoms with Crippen molar-refractivity contribution in [3.05, 3.63) is 30.3 Å².